The van der Waals surface area contributed by atoms with Crippen LogP contribution in [0.25, 0.3) is 0 Å². The number of carbonyl (C=O) groups excluding carboxylic acids is 1. The maximum absolute atomic E-state index is 11.4. The Bertz CT molecular complexity index is 485. The Morgan fingerprint density at radius 3 is 2.05 bits per heavy atom. The number of benzene rings is 1. The zero-order valence-electron chi connectivity index (χ0n) is 11.2. The maximum Gasteiger partial charge on any atom is 0.394 e. The highest BCUT2D eigenvalue weighted by molar-refractivity contribution is 6.31. The average molecular weight is 262 g/mol. The third-order valence-electron chi connectivity index (χ3n) is 3.51. The molecule has 19 heavy (non-hydrogen) atoms. The van der Waals surface area contributed by atoms with Gasteiger partial charge < -0.3 is 14.9 Å². The van der Waals surface area contributed by atoms with E-state index in [0.717, 1.165) is 0 Å². The Balaban J connectivity index is 2.08. The summed E-state index contributed by atoms with van der Waals surface area (Å²) < 4.78 is 0. The summed E-state index contributed by atoms with van der Waals surface area (Å²) in [6.07, 6.45) is 0. The van der Waals surface area contributed by atoms with Gasteiger partial charge >= 0.3 is 11.9 Å². The molecule has 1 saturated heterocycles. The number of rotatable bonds is 1. The molecule has 1 fully saturated rings. The van der Waals surface area contributed by atoms with Crippen LogP contribution in [0.1, 0.15) is 11.1 Å². The minimum atomic E-state index is -1.37. The summed E-state index contributed by atoms with van der Waals surface area (Å²) in [5.41, 5.74) is 3.61. The van der Waals surface area contributed by atoms with Crippen LogP contribution in [0, 0.1) is 13.8 Å². The molecule has 1 aromatic carbocycles. The number of hydrogen-bond donors (Lipinski definition) is 1. The van der Waals surface area contributed by atoms with Crippen LogP contribution in [-0.4, -0.2) is 48.1 Å². The second-order valence-corrected chi connectivity index (χ2v) is 4.82. The molecule has 0 atom stereocenters. The van der Waals surface area contributed by atoms with Crippen LogP contribution >= 0.6 is 0 Å². The second-order valence-electron chi connectivity index (χ2n) is 4.82. The standard InChI is InChI=1S/C14H18N2O3/c1-10-4-3-5-11(2)12(10)15-6-8-16(9-7-15)13(17)14(18)19/h3-5H,6-9H2,1-2H3,(H,18,19). The first-order valence-electron chi connectivity index (χ1n) is 6.34. The smallest absolute Gasteiger partial charge is 0.394 e. The SMILES string of the molecule is Cc1cccc(C)c1N1CCN(C(=O)C(=O)O)CC1. The molecule has 0 aromatic heterocycles. The van der Waals surface area contributed by atoms with Gasteiger partial charge in [0.2, 0.25) is 0 Å². The lowest BCUT2D eigenvalue weighted by Crippen LogP contribution is -2.51. The molecule has 0 bridgehead atoms. The molecule has 102 valence electrons. The molecule has 2 rings (SSSR count). The number of carboxylic acid groups (broad SMARTS) is 1. The summed E-state index contributed by atoms with van der Waals surface area (Å²) in [6.45, 7) is 6.39. The lowest BCUT2D eigenvalue weighted by molar-refractivity contribution is -0.156. The summed E-state index contributed by atoms with van der Waals surface area (Å²) in [4.78, 5) is 25.7. The van der Waals surface area contributed by atoms with E-state index < -0.39 is 11.9 Å². The predicted octanol–water partition coefficient (Wildman–Crippen LogP) is 1.04. The zero-order valence-corrected chi connectivity index (χ0v) is 11.2. The van der Waals surface area contributed by atoms with E-state index in [0.29, 0.717) is 26.2 Å². The highest BCUT2D eigenvalue weighted by atomic mass is 16.4. The van der Waals surface area contributed by atoms with Crippen molar-refractivity contribution in [3.8, 4) is 0 Å². The van der Waals surface area contributed by atoms with E-state index in [-0.39, 0.29) is 0 Å². The lowest BCUT2D eigenvalue weighted by atomic mass is 10.1. The molecule has 1 amide bonds. The van der Waals surface area contributed by atoms with Gasteiger partial charge in [0.1, 0.15) is 0 Å². The van der Waals surface area contributed by atoms with Crippen LogP contribution in [-0.2, 0) is 9.59 Å². The first-order chi connectivity index (χ1) is 9.00. The van der Waals surface area contributed by atoms with Gasteiger partial charge in [0.25, 0.3) is 0 Å². The fourth-order valence-electron chi connectivity index (χ4n) is 2.57. The van der Waals surface area contributed by atoms with Gasteiger partial charge in [0.05, 0.1) is 0 Å². The Hall–Kier alpha value is -2.04. The Labute approximate surface area is 112 Å². The largest absolute Gasteiger partial charge is 0.474 e. The van der Waals surface area contributed by atoms with Crippen LogP contribution < -0.4 is 4.90 Å². The Morgan fingerprint density at radius 1 is 1.05 bits per heavy atom. The van der Waals surface area contributed by atoms with Crippen LogP contribution in [0.4, 0.5) is 5.69 Å². The topological polar surface area (TPSA) is 60.9 Å². The number of para-hydroxylation sites is 1. The summed E-state index contributed by atoms with van der Waals surface area (Å²) in [6, 6.07) is 6.16. The molecule has 5 heteroatoms. The fourth-order valence-corrected chi connectivity index (χ4v) is 2.57. The number of amides is 1. The van der Waals surface area contributed by atoms with Crippen LogP contribution in [0.5, 0.6) is 0 Å². The number of aliphatic carboxylic acids is 1. The van der Waals surface area contributed by atoms with Crippen molar-refractivity contribution in [3.63, 3.8) is 0 Å². The van der Waals surface area contributed by atoms with Gasteiger partial charge in [-0.1, -0.05) is 18.2 Å². The number of carbonyl (C=O) groups is 2. The molecular formula is C14H18N2O3. The Kier molecular flexibility index (Phi) is 3.74. The molecule has 1 aliphatic heterocycles. The summed E-state index contributed by atoms with van der Waals surface area (Å²) in [5, 5.41) is 8.70. The van der Waals surface area contributed by atoms with E-state index in [9.17, 15) is 9.59 Å². The minimum Gasteiger partial charge on any atom is -0.474 e. The summed E-state index contributed by atoms with van der Waals surface area (Å²) in [5.74, 6) is -2.18. The number of anilines is 1. The normalized spacial score (nSPS) is 15.5. The van der Waals surface area contributed by atoms with Crippen LogP contribution in [0.3, 0.4) is 0 Å². The molecule has 1 N–H and O–H groups in total. The number of aryl methyl sites for hydroxylation is 2. The van der Waals surface area contributed by atoms with Crippen molar-refractivity contribution in [2.24, 2.45) is 0 Å². The van der Waals surface area contributed by atoms with Crippen molar-refractivity contribution in [3.05, 3.63) is 29.3 Å². The van der Waals surface area contributed by atoms with E-state index in [2.05, 4.69) is 30.9 Å². The summed E-state index contributed by atoms with van der Waals surface area (Å²) in [7, 11) is 0. The van der Waals surface area contributed by atoms with Crippen LogP contribution in [0.15, 0.2) is 18.2 Å². The van der Waals surface area contributed by atoms with Gasteiger partial charge in [-0.2, -0.15) is 0 Å². The van der Waals surface area contributed by atoms with Crippen molar-refractivity contribution in [2.45, 2.75) is 13.8 Å². The van der Waals surface area contributed by atoms with Gasteiger partial charge in [0, 0.05) is 31.9 Å². The molecule has 5 nitrogen and oxygen atoms in total. The van der Waals surface area contributed by atoms with Crippen LogP contribution in [0.2, 0.25) is 0 Å². The van der Waals surface area contributed by atoms with E-state index in [1.807, 2.05) is 6.07 Å². The maximum atomic E-state index is 11.4. The highest BCUT2D eigenvalue weighted by Gasteiger charge is 2.26. The van der Waals surface area contributed by atoms with Gasteiger partial charge in [-0.25, -0.2) is 4.79 Å². The molecule has 0 aliphatic carbocycles. The van der Waals surface area contributed by atoms with Gasteiger partial charge in [-0.05, 0) is 25.0 Å². The fraction of sp³-hybridized carbons (Fsp3) is 0.429. The van der Waals surface area contributed by atoms with E-state index in [1.165, 1.54) is 21.7 Å². The molecule has 0 spiro atoms. The number of hydrogen-bond acceptors (Lipinski definition) is 3. The second kappa shape index (κ2) is 5.30. The first-order valence-corrected chi connectivity index (χ1v) is 6.34. The number of nitrogens with zero attached hydrogens (tertiary/aromatic N) is 2. The van der Waals surface area contributed by atoms with E-state index in [4.69, 9.17) is 5.11 Å². The average Bonchev–Trinajstić information content (AvgIpc) is 2.38. The zero-order chi connectivity index (χ0) is 14.0. The Morgan fingerprint density at radius 2 is 1.58 bits per heavy atom. The third kappa shape index (κ3) is 2.70. The number of carboxylic acids is 1. The van der Waals surface area contributed by atoms with Gasteiger partial charge in [0.15, 0.2) is 0 Å². The molecule has 1 aromatic rings. The van der Waals surface area contributed by atoms with Crippen molar-refractivity contribution < 1.29 is 14.7 Å². The summed E-state index contributed by atoms with van der Waals surface area (Å²) >= 11 is 0. The monoisotopic (exact) mass is 262 g/mol. The quantitative estimate of drug-likeness (QED) is 0.768. The molecule has 0 saturated carbocycles. The molecule has 1 heterocycles. The number of piperazine rings is 1. The lowest BCUT2D eigenvalue weighted by Gasteiger charge is -2.36. The van der Waals surface area contributed by atoms with Crippen molar-refractivity contribution in [1.29, 1.82) is 0 Å². The molecule has 1 aliphatic rings. The minimum absolute atomic E-state index is 0.457. The van der Waals surface area contributed by atoms with E-state index in [1.54, 1.807) is 0 Å². The highest BCUT2D eigenvalue weighted by Crippen LogP contribution is 2.25. The first kappa shape index (κ1) is 13.4. The predicted molar refractivity (Wildman–Crippen MR) is 72.3 cm³/mol. The van der Waals surface area contributed by atoms with Crippen molar-refractivity contribution in [2.75, 3.05) is 31.1 Å². The molecule has 0 radical (unpaired) electrons. The van der Waals surface area contributed by atoms with Gasteiger partial charge in [-0.15, -0.1) is 0 Å². The van der Waals surface area contributed by atoms with E-state index >= 15 is 0 Å². The molecule has 0 unspecified atom stereocenters. The third-order valence-corrected chi connectivity index (χ3v) is 3.51. The van der Waals surface area contributed by atoms with Crippen molar-refractivity contribution >= 4 is 17.6 Å². The van der Waals surface area contributed by atoms with Crippen molar-refractivity contribution in [1.82, 2.24) is 4.90 Å². The van der Waals surface area contributed by atoms with Gasteiger partial charge in [-0.3, -0.25) is 4.79 Å². The molecular weight excluding hydrogens is 244 g/mol.